The number of hydrogen-bond donors (Lipinski definition) is 2. The molecule has 0 aromatic heterocycles. The van der Waals surface area contributed by atoms with E-state index in [0.29, 0.717) is 18.4 Å². The lowest BCUT2D eigenvalue weighted by Crippen LogP contribution is -2.53. The first-order valence-electron chi connectivity index (χ1n) is 8.92. The van der Waals surface area contributed by atoms with Gasteiger partial charge in [-0.25, -0.2) is 4.79 Å². The van der Waals surface area contributed by atoms with E-state index in [1.54, 1.807) is 6.92 Å². The summed E-state index contributed by atoms with van der Waals surface area (Å²) in [7, 11) is 0. The molecule has 2 N–H and O–H groups in total. The van der Waals surface area contributed by atoms with E-state index < -0.39 is 0 Å². The Labute approximate surface area is 142 Å². The van der Waals surface area contributed by atoms with Crippen molar-refractivity contribution in [2.45, 2.75) is 60.5 Å². The van der Waals surface area contributed by atoms with Gasteiger partial charge < -0.3 is 15.3 Å². The third-order valence-electron chi connectivity index (χ3n) is 4.40. The van der Waals surface area contributed by atoms with Crippen molar-refractivity contribution in [1.82, 2.24) is 15.1 Å². The number of carbonyl (C=O) groups is 1. The van der Waals surface area contributed by atoms with Gasteiger partial charge >= 0.3 is 6.03 Å². The van der Waals surface area contributed by atoms with Crippen LogP contribution in [0.15, 0.2) is 0 Å². The summed E-state index contributed by atoms with van der Waals surface area (Å²) in [6.07, 6.45) is 1.54. The minimum atomic E-state index is -0.340. The molecule has 1 aliphatic rings. The van der Waals surface area contributed by atoms with Crippen LogP contribution in [0, 0.1) is 10.8 Å². The average Bonchev–Trinajstić information content (AvgIpc) is 2.41. The van der Waals surface area contributed by atoms with Crippen molar-refractivity contribution in [3.8, 4) is 0 Å². The fraction of sp³-hybridized carbons (Fsp3) is 0.944. The van der Waals surface area contributed by atoms with Crippen LogP contribution in [0.2, 0.25) is 0 Å². The van der Waals surface area contributed by atoms with Crippen molar-refractivity contribution in [2.75, 3.05) is 39.3 Å². The van der Waals surface area contributed by atoms with Gasteiger partial charge in [0.05, 0.1) is 6.10 Å². The maximum absolute atomic E-state index is 12.3. The van der Waals surface area contributed by atoms with Gasteiger partial charge in [-0.2, -0.15) is 0 Å². The lowest BCUT2D eigenvalue weighted by atomic mass is 9.87. The van der Waals surface area contributed by atoms with E-state index in [1.807, 2.05) is 4.90 Å². The van der Waals surface area contributed by atoms with Crippen LogP contribution in [0.25, 0.3) is 0 Å². The molecule has 1 saturated heterocycles. The van der Waals surface area contributed by atoms with Crippen LogP contribution in [-0.4, -0.2) is 66.3 Å². The van der Waals surface area contributed by atoms with Gasteiger partial charge in [-0.3, -0.25) is 4.90 Å². The molecule has 0 spiro atoms. The first kappa shape index (κ1) is 20.2. The number of nitrogens with one attached hydrogen (secondary N) is 1. The summed E-state index contributed by atoms with van der Waals surface area (Å²) in [6, 6.07) is 0.0270. The Morgan fingerprint density at radius 3 is 2.17 bits per heavy atom. The summed E-state index contributed by atoms with van der Waals surface area (Å²) >= 11 is 0. The van der Waals surface area contributed by atoms with Crippen molar-refractivity contribution in [3.63, 3.8) is 0 Å². The lowest BCUT2D eigenvalue weighted by molar-refractivity contribution is 0.116. The Morgan fingerprint density at radius 1 is 1.13 bits per heavy atom. The van der Waals surface area contributed by atoms with Crippen LogP contribution in [-0.2, 0) is 0 Å². The molecular formula is C18H37N3O2. The number of nitrogens with zero attached hydrogens (tertiary/aromatic N) is 2. The third-order valence-corrected chi connectivity index (χ3v) is 4.40. The van der Waals surface area contributed by atoms with Gasteiger partial charge in [0.1, 0.15) is 0 Å². The van der Waals surface area contributed by atoms with Crippen LogP contribution in [0.4, 0.5) is 4.79 Å². The van der Waals surface area contributed by atoms with Gasteiger partial charge in [0.15, 0.2) is 0 Å². The predicted octanol–water partition coefficient (Wildman–Crippen LogP) is 2.55. The zero-order valence-electron chi connectivity index (χ0n) is 16.0. The van der Waals surface area contributed by atoms with Gasteiger partial charge in [-0.1, -0.05) is 34.6 Å². The van der Waals surface area contributed by atoms with Crippen molar-refractivity contribution in [2.24, 2.45) is 10.8 Å². The Balaban J connectivity index is 2.30. The summed E-state index contributed by atoms with van der Waals surface area (Å²) in [5.41, 5.74) is 0.280. The Morgan fingerprint density at radius 2 is 1.70 bits per heavy atom. The molecule has 5 heteroatoms. The Bertz CT molecular complexity index is 367. The summed E-state index contributed by atoms with van der Waals surface area (Å²) in [5, 5.41) is 12.5. The first-order valence-corrected chi connectivity index (χ1v) is 8.92. The molecule has 1 rings (SSSR count). The van der Waals surface area contributed by atoms with E-state index in [1.165, 1.54) is 6.42 Å². The molecule has 0 bridgehead atoms. The van der Waals surface area contributed by atoms with Crippen molar-refractivity contribution in [1.29, 1.82) is 0 Å². The molecule has 0 radical (unpaired) electrons. The van der Waals surface area contributed by atoms with E-state index in [-0.39, 0.29) is 17.6 Å². The highest BCUT2D eigenvalue weighted by Gasteiger charge is 2.25. The number of rotatable bonds is 6. The highest BCUT2D eigenvalue weighted by Crippen LogP contribution is 2.21. The second-order valence-electron chi connectivity index (χ2n) is 9.02. The molecule has 5 nitrogen and oxygen atoms in total. The van der Waals surface area contributed by atoms with Gasteiger partial charge in [0, 0.05) is 32.7 Å². The molecule has 2 amide bonds. The molecule has 0 aliphatic carbocycles. The van der Waals surface area contributed by atoms with E-state index >= 15 is 0 Å². The molecule has 1 atom stereocenters. The summed E-state index contributed by atoms with van der Waals surface area (Å²) in [4.78, 5) is 16.6. The molecule has 0 saturated carbocycles. The highest BCUT2D eigenvalue weighted by molar-refractivity contribution is 5.74. The van der Waals surface area contributed by atoms with Gasteiger partial charge in [-0.15, -0.1) is 0 Å². The number of hydrogen-bond acceptors (Lipinski definition) is 3. The van der Waals surface area contributed by atoms with Crippen LogP contribution >= 0.6 is 0 Å². The third kappa shape index (κ3) is 8.56. The molecule has 0 aromatic rings. The second-order valence-corrected chi connectivity index (χ2v) is 9.02. The van der Waals surface area contributed by atoms with Gasteiger partial charge in [0.25, 0.3) is 0 Å². The van der Waals surface area contributed by atoms with Crippen LogP contribution in [0.1, 0.15) is 54.4 Å². The molecule has 1 aliphatic heterocycles. The maximum Gasteiger partial charge on any atom is 0.317 e. The van der Waals surface area contributed by atoms with Crippen LogP contribution in [0.3, 0.4) is 0 Å². The minimum absolute atomic E-state index is 0.0270. The number of amides is 2. The average molecular weight is 328 g/mol. The van der Waals surface area contributed by atoms with E-state index in [0.717, 1.165) is 32.7 Å². The number of urea groups is 1. The highest BCUT2D eigenvalue weighted by atomic mass is 16.3. The fourth-order valence-corrected chi connectivity index (χ4v) is 2.97. The molecule has 0 aromatic carbocycles. The van der Waals surface area contributed by atoms with E-state index in [2.05, 4.69) is 44.8 Å². The summed E-state index contributed by atoms with van der Waals surface area (Å²) in [5.74, 6) is 0. The number of aliphatic hydroxyl groups is 1. The largest absolute Gasteiger partial charge is 0.393 e. The quantitative estimate of drug-likeness (QED) is 0.788. The molecule has 1 unspecified atom stereocenters. The Kier molecular flexibility index (Phi) is 7.33. The Hall–Kier alpha value is -0.810. The molecule has 23 heavy (non-hydrogen) atoms. The normalized spacial score (nSPS) is 18.8. The smallest absolute Gasteiger partial charge is 0.317 e. The van der Waals surface area contributed by atoms with Crippen molar-refractivity contribution >= 4 is 6.03 Å². The monoisotopic (exact) mass is 327 g/mol. The number of aliphatic hydroxyl groups excluding tert-OH is 1. The molecule has 136 valence electrons. The summed E-state index contributed by atoms with van der Waals surface area (Å²) in [6.45, 7) is 18.0. The zero-order chi connectivity index (χ0) is 17.7. The fourth-order valence-electron chi connectivity index (χ4n) is 2.97. The topological polar surface area (TPSA) is 55.8 Å². The predicted molar refractivity (Wildman–Crippen MR) is 95.6 cm³/mol. The molecule has 1 fully saturated rings. The van der Waals surface area contributed by atoms with Crippen LogP contribution < -0.4 is 5.32 Å². The second kappa shape index (κ2) is 8.34. The van der Waals surface area contributed by atoms with Crippen LogP contribution in [0.5, 0.6) is 0 Å². The number of piperazine rings is 1. The lowest BCUT2D eigenvalue weighted by Gasteiger charge is -2.36. The SMILES string of the molecule is CC(O)CC(C)(C)CNC(=O)N1CCN(CCC(C)(C)C)CC1. The summed E-state index contributed by atoms with van der Waals surface area (Å²) < 4.78 is 0. The van der Waals surface area contributed by atoms with E-state index in [9.17, 15) is 9.90 Å². The molecule has 1 heterocycles. The maximum atomic E-state index is 12.3. The van der Waals surface area contributed by atoms with Crippen molar-refractivity contribution in [3.05, 3.63) is 0 Å². The van der Waals surface area contributed by atoms with E-state index in [4.69, 9.17) is 0 Å². The molecular weight excluding hydrogens is 290 g/mol. The standard InChI is InChI=1S/C18H37N3O2/c1-15(22)13-18(5,6)14-19-16(23)21-11-9-20(10-12-21)8-7-17(2,3)4/h15,22H,7-14H2,1-6H3,(H,19,23). The zero-order valence-corrected chi connectivity index (χ0v) is 16.0. The first-order chi connectivity index (χ1) is 10.5. The van der Waals surface area contributed by atoms with Gasteiger partial charge in [-0.05, 0) is 37.1 Å². The minimum Gasteiger partial charge on any atom is -0.393 e. The number of carbonyl (C=O) groups excluding carboxylic acids is 1. The van der Waals surface area contributed by atoms with Crippen molar-refractivity contribution < 1.29 is 9.90 Å². The van der Waals surface area contributed by atoms with Gasteiger partial charge in [0.2, 0.25) is 0 Å².